The minimum absolute atomic E-state index is 0.259. The van der Waals surface area contributed by atoms with Crippen molar-refractivity contribution in [2.24, 2.45) is 5.92 Å². The van der Waals surface area contributed by atoms with Crippen molar-refractivity contribution in [3.05, 3.63) is 0 Å². The lowest BCUT2D eigenvalue weighted by Gasteiger charge is -2.20. The van der Waals surface area contributed by atoms with E-state index in [-0.39, 0.29) is 5.91 Å². The third kappa shape index (κ3) is 3.29. The number of hydrogen-bond acceptors (Lipinski definition) is 2. The van der Waals surface area contributed by atoms with Crippen LogP contribution in [0.2, 0.25) is 0 Å². The fraction of sp³-hybridized carbons (Fsp3) is 0.909. The van der Waals surface area contributed by atoms with Crippen LogP contribution in [0.5, 0.6) is 0 Å². The Bertz CT molecular complexity index is 186. The minimum atomic E-state index is 0.259. The highest BCUT2D eigenvalue weighted by molar-refractivity contribution is 5.78. The zero-order valence-electron chi connectivity index (χ0n) is 9.55. The molecule has 0 spiro atoms. The van der Waals surface area contributed by atoms with E-state index in [9.17, 15) is 4.79 Å². The van der Waals surface area contributed by atoms with Gasteiger partial charge in [-0.1, -0.05) is 13.8 Å². The summed E-state index contributed by atoms with van der Waals surface area (Å²) < 4.78 is 0. The number of hydrogen-bond donors (Lipinski definition) is 1. The molecule has 1 heterocycles. The van der Waals surface area contributed by atoms with E-state index in [0.717, 1.165) is 13.1 Å². The Morgan fingerprint density at radius 2 is 1.86 bits per heavy atom. The molecule has 0 aromatic carbocycles. The normalized spacial score (nSPS) is 19.0. The van der Waals surface area contributed by atoms with Crippen LogP contribution in [0.25, 0.3) is 0 Å². The molecular weight excluding hydrogens is 176 g/mol. The molecule has 1 rings (SSSR count). The van der Waals surface area contributed by atoms with Crippen molar-refractivity contribution < 1.29 is 4.79 Å². The van der Waals surface area contributed by atoms with Gasteiger partial charge in [0.25, 0.3) is 0 Å². The standard InChI is InChI=1S/C11H22N2O/c1-9(2)10(3)12-8-11(14)13-6-4-5-7-13/h9-10,12H,4-8H2,1-3H3. The zero-order valence-corrected chi connectivity index (χ0v) is 9.55. The fourth-order valence-corrected chi connectivity index (χ4v) is 1.56. The van der Waals surface area contributed by atoms with E-state index in [1.165, 1.54) is 12.8 Å². The third-order valence-corrected chi connectivity index (χ3v) is 3.03. The largest absolute Gasteiger partial charge is 0.342 e. The average molecular weight is 198 g/mol. The van der Waals surface area contributed by atoms with Crippen LogP contribution in [0, 0.1) is 5.92 Å². The molecule has 3 nitrogen and oxygen atoms in total. The Labute approximate surface area is 86.9 Å². The van der Waals surface area contributed by atoms with Gasteiger partial charge in [0.15, 0.2) is 0 Å². The Kier molecular flexibility index (Phi) is 4.39. The SMILES string of the molecule is CC(C)C(C)NCC(=O)N1CCCC1. The third-order valence-electron chi connectivity index (χ3n) is 3.03. The lowest BCUT2D eigenvalue weighted by Crippen LogP contribution is -2.41. The maximum Gasteiger partial charge on any atom is 0.236 e. The first kappa shape index (κ1) is 11.5. The van der Waals surface area contributed by atoms with Crippen LogP contribution in [-0.2, 0) is 4.79 Å². The Morgan fingerprint density at radius 3 is 2.36 bits per heavy atom. The molecule has 1 unspecified atom stereocenters. The van der Waals surface area contributed by atoms with E-state index in [1.54, 1.807) is 0 Å². The molecule has 0 bridgehead atoms. The van der Waals surface area contributed by atoms with Gasteiger partial charge in [0.2, 0.25) is 5.91 Å². The molecule has 1 N–H and O–H groups in total. The number of nitrogens with one attached hydrogen (secondary N) is 1. The summed E-state index contributed by atoms with van der Waals surface area (Å²) in [5, 5.41) is 3.27. The number of carbonyl (C=O) groups excluding carboxylic acids is 1. The highest BCUT2D eigenvalue weighted by atomic mass is 16.2. The molecular formula is C11H22N2O. The number of amides is 1. The van der Waals surface area contributed by atoms with E-state index < -0.39 is 0 Å². The second-order valence-electron chi connectivity index (χ2n) is 4.50. The first-order valence-electron chi connectivity index (χ1n) is 5.62. The molecule has 1 amide bonds. The molecule has 0 aromatic rings. The number of nitrogens with zero attached hydrogens (tertiary/aromatic N) is 1. The first-order valence-corrected chi connectivity index (χ1v) is 5.62. The van der Waals surface area contributed by atoms with Crippen molar-refractivity contribution in [3.63, 3.8) is 0 Å². The van der Waals surface area contributed by atoms with E-state index in [0.29, 0.717) is 18.5 Å². The molecule has 0 aromatic heterocycles. The lowest BCUT2D eigenvalue weighted by molar-refractivity contribution is -0.129. The summed E-state index contributed by atoms with van der Waals surface area (Å²) in [6, 6.07) is 0.418. The summed E-state index contributed by atoms with van der Waals surface area (Å²) in [5.74, 6) is 0.844. The van der Waals surface area contributed by atoms with E-state index >= 15 is 0 Å². The Hall–Kier alpha value is -0.570. The van der Waals surface area contributed by atoms with Gasteiger partial charge in [-0.3, -0.25) is 4.79 Å². The molecule has 0 radical (unpaired) electrons. The van der Waals surface area contributed by atoms with E-state index in [1.807, 2.05) is 4.90 Å². The Morgan fingerprint density at radius 1 is 1.29 bits per heavy atom. The van der Waals surface area contributed by atoms with Gasteiger partial charge in [-0.2, -0.15) is 0 Å². The van der Waals surface area contributed by atoms with Gasteiger partial charge in [-0.25, -0.2) is 0 Å². The van der Waals surface area contributed by atoms with Gasteiger partial charge in [-0.15, -0.1) is 0 Å². The molecule has 0 saturated carbocycles. The van der Waals surface area contributed by atoms with Crippen LogP contribution in [0.3, 0.4) is 0 Å². The summed E-state index contributed by atoms with van der Waals surface area (Å²) in [7, 11) is 0. The quantitative estimate of drug-likeness (QED) is 0.737. The molecule has 3 heteroatoms. The van der Waals surface area contributed by atoms with E-state index in [4.69, 9.17) is 0 Å². The zero-order chi connectivity index (χ0) is 10.6. The predicted molar refractivity (Wildman–Crippen MR) is 58.1 cm³/mol. The van der Waals surface area contributed by atoms with Gasteiger partial charge in [0, 0.05) is 19.1 Å². The maximum atomic E-state index is 11.6. The molecule has 1 saturated heterocycles. The molecule has 1 atom stereocenters. The first-order chi connectivity index (χ1) is 6.61. The van der Waals surface area contributed by atoms with Crippen LogP contribution in [0.1, 0.15) is 33.6 Å². The number of carbonyl (C=O) groups is 1. The van der Waals surface area contributed by atoms with Gasteiger partial charge in [0.05, 0.1) is 6.54 Å². The van der Waals surface area contributed by atoms with Gasteiger partial charge >= 0.3 is 0 Å². The predicted octanol–water partition coefficient (Wildman–Crippen LogP) is 1.24. The topological polar surface area (TPSA) is 32.3 Å². The van der Waals surface area contributed by atoms with Crippen molar-refractivity contribution in [1.82, 2.24) is 10.2 Å². The van der Waals surface area contributed by atoms with E-state index in [2.05, 4.69) is 26.1 Å². The van der Waals surface area contributed by atoms with Crippen molar-refractivity contribution in [3.8, 4) is 0 Å². The monoisotopic (exact) mass is 198 g/mol. The maximum absolute atomic E-state index is 11.6. The average Bonchev–Trinajstić information content (AvgIpc) is 2.66. The second kappa shape index (κ2) is 5.35. The Balaban J connectivity index is 2.20. The molecule has 1 aliphatic heterocycles. The van der Waals surface area contributed by atoms with Crippen LogP contribution >= 0.6 is 0 Å². The summed E-state index contributed by atoms with van der Waals surface area (Å²) in [6.45, 7) is 8.87. The molecule has 1 aliphatic rings. The number of likely N-dealkylation sites (tertiary alicyclic amines) is 1. The van der Waals surface area contributed by atoms with Gasteiger partial charge in [-0.05, 0) is 25.7 Å². The van der Waals surface area contributed by atoms with Crippen LogP contribution < -0.4 is 5.32 Å². The van der Waals surface area contributed by atoms with Crippen molar-refractivity contribution in [2.45, 2.75) is 39.7 Å². The van der Waals surface area contributed by atoms with Crippen LogP contribution in [0.4, 0.5) is 0 Å². The van der Waals surface area contributed by atoms with Crippen molar-refractivity contribution in [2.75, 3.05) is 19.6 Å². The lowest BCUT2D eigenvalue weighted by atomic mass is 10.1. The fourth-order valence-electron chi connectivity index (χ4n) is 1.56. The van der Waals surface area contributed by atoms with Gasteiger partial charge in [0.1, 0.15) is 0 Å². The van der Waals surface area contributed by atoms with Crippen molar-refractivity contribution in [1.29, 1.82) is 0 Å². The highest BCUT2D eigenvalue weighted by Gasteiger charge is 2.18. The number of rotatable bonds is 4. The van der Waals surface area contributed by atoms with Crippen molar-refractivity contribution >= 4 is 5.91 Å². The summed E-state index contributed by atoms with van der Waals surface area (Å²) in [6.07, 6.45) is 2.34. The van der Waals surface area contributed by atoms with Crippen LogP contribution in [-0.4, -0.2) is 36.5 Å². The molecule has 14 heavy (non-hydrogen) atoms. The molecule has 1 fully saturated rings. The highest BCUT2D eigenvalue weighted by Crippen LogP contribution is 2.07. The minimum Gasteiger partial charge on any atom is -0.342 e. The summed E-state index contributed by atoms with van der Waals surface area (Å²) >= 11 is 0. The summed E-state index contributed by atoms with van der Waals surface area (Å²) in [4.78, 5) is 13.6. The smallest absolute Gasteiger partial charge is 0.236 e. The molecule has 82 valence electrons. The second-order valence-corrected chi connectivity index (χ2v) is 4.50. The summed E-state index contributed by atoms with van der Waals surface area (Å²) in [5.41, 5.74) is 0. The molecule has 0 aliphatic carbocycles. The van der Waals surface area contributed by atoms with Crippen LogP contribution in [0.15, 0.2) is 0 Å². The van der Waals surface area contributed by atoms with Gasteiger partial charge < -0.3 is 10.2 Å².